The standard InChI is InChI=1S/C21H26N4O4S/c1-12(2)6-15-19(28)22-21(23-20(15)29)30-11-18(27)24-8-13-7-14(10-24)16-4-3-5-17(26)25(16)9-13/h3-5,12-14H,6-11H2,1-2H3,(H2,22,23,28,29)/t13-,14+/m0/s1. The predicted molar refractivity (Wildman–Crippen MR) is 114 cm³/mol. The summed E-state index contributed by atoms with van der Waals surface area (Å²) < 4.78 is 1.84. The minimum absolute atomic E-state index is 0.0216. The van der Waals surface area contributed by atoms with Crippen LogP contribution < -0.4 is 11.1 Å². The Kier molecular flexibility index (Phi) is 5.73. The van der Waals surface area contributed by atoms with E-state index in [1.54, 1.807) is 12.1 Å². The molecule has 1 amide bonds. The summed E-state index contributed by atoms with van der Waals surface area (Å²) in [6.07, 6.45) is 1.43. The van der Waals surface area contributed by atoms with E-state index >= 15 is 0 Å². The van der Waals surface area contributed by atoms with Gasteiger partial charge in [-0.1, -0.05) is 31.7 Å². The lowest BCUT2D eigenvalue weighted by atomic mass is 9.83. The molecule has 0 spiro atoms. The Balaban J connectivity index is 1.42. The van der Waals surface area contributed by atoms with Crippen molar-refractivity contribution < 1.29 is 9.90 Å². The first-order chi connectivity index (χ1) is 14.3. The van der Waals surface area contributed by atoms with Gasteiger partial charge in [0, 0.05) is 37.3 Å². The highest BCUT2D eigenvalue weighted by Gasteiger charge is 2.36. The summed E-state index contributed by atoms with van der Waals surface area (Å²) in [5.41, 5.74) is 0.938. The maximum atomic E-state index is 12.8. The number of carbonyl (C=O) groups excluding carboxylic acids is 1. The molecule has 2 atom stereocenters. The van der Waals surface area contributed by atoms with Gasteiger partial charge >= 0.3 is 0 Å². The number of aromatic hydroxyl groups is 1. The number of likely N-dealkylation sites (tertiary alicyclic amines) is 1. The molecule has 0 saturated carbocycles. The van der Waals surface area contributed by atoms with Crippen LogP contribution in [0.1, 0.15) is 37.4 Å². The van der Waals surface area contributed by atoms with Crippen molar-refractivity contribution in [1.82, 2.24) is 19.4 Å². The fraction of sp³-hybridized carbons (Fsp3) is 0.524. The van der Waals surface area contributed by atoms with Gasteiger partial charge in [-0.2, -0.15) is 4.98 Å². The highest BCUT2D eigenvalue weighted by molar-refractivity contribution is 7.99. The molecule has 2 aliphatic rings. The van der Waals surface area contributed by atoms with E-state index in [9.17, 15) is 19.5 Å². The lowest BCUT2D eigenvalue weighted by Gasteiger charge is -2.42. The Labute approximate surface area is 178 Å². The predicted octanol–water partition coefficient (Wildman–Crippen LogP) is 1.57. The molecule has 2 N–H and O–H groups in total. The van der Waals surface area contributed by atoms with Gasteiger partial charge in [0.1, 0.15) is 0 Å². The minimum Gasteiger partial charge on any atom is -0.493 e. The lowest BCUT2D eigenvalue weighted by molar-refractivity contribution is -0.131. The van der Waals surface area contributed by atoms with Crippen LogP contribution in [0.5, 0.6) is 5.88 Å². The summed E-state index contributed by atoms with van der Waals surface area (Å²) in [4.78, 5) is 45.7. The molecule has 9 heteroatoms. The summed E-state index contributed by atoms with van der Waals surface area (Å²) in [5.74, 6) is 0.484. The maximum absolute atomic E-state index is 12.8. The fourth-order valence-electron chi connectivity index (χ4n) is 4.45. The average molecular weight is 431 g/mol. The van der Waals surface area contributed by atoms with Crippen LogP contribution in [0.2, 0.25) is 0 Å². The van der Waals surface area contributed by atoms with Crippen LogP contribution in [0.25, 0.3) is 0 Å². The van der Waals surface area contributed by atoms with Crippen LogP contribution in [0.15, 0.2) is 32.9 Å². The van der Waals surface area contributed by atoms with Crippen molar-refractivity contribution in [3.8, 4) is 5.88 Å². The molecule has 0 aromatic carbocycles. The number of aromatic nitrogens is 3. The smallest absolute Gasteiger partial charge is 0.258 e. The first-order valence-electron chi connectivity index (χ1n) is 10.2. The van der Waals surface area contributed by atoms with E-state index in [0.29, 0.717) is 26.1 Å². The Morgan fingerprint density at radius 1 is 1.30 bits per heavy atom. The molecule has 2 bridgehead atoms. The highest BCUT2D eigenvalue weighted by Crippen LogP contribution is 2.35. The van der Waals surface area contributed by atoms with E-state index in [1.165, 1.54) is 0 Å². The number of rotatable bonds is 5. The van der Waals surface area contributed by atoms with Crippen molar-refractivity contribution in [3.63, 3.8) is 0 Å². The van der Waals surface area contributed by atoms with E-state index in [0.717, 1.165) is 23.9 Å². The zero-order chi connectivity index (χ0) is 21.4. The minimum atomic E-state index is -0.360. The van der Waals surface area contributed by atoms with Gasteiger partial charge in [-0.15, -0.1) is 0 Å². The van der Waals surface area contributed by atoms with Gasteiger partial charge in [-0.05, 0) is 30.7 Å². The summed E-state index contributed by atoms with van der Waals surface area (Å²) in [7, 11) is 0. The van der Waals surface area contributed by atoms with Crippen molar-refractivity contribution in [3.05, 3.63) is 50.2 Å². The molecule has 2 aromatic heterocycles. The van der Waals surface area contributed by atoms with Crippen LogP contribution in [-0.2, 0) is 17.8 Å². The van der Waals surface area contributed by atoms with Gasteiger partial charge in [-0.25, -0.2) is 0 Å². The number of nitrogens with zero attached hydrogens (tertiary/aromatic N) is 3. The second kappa shape index (κ2) is 8.29. The average Bonchev–Trinajstić information content (AvgIpc) is 2.69. The molecule has 4 heterocycles. The maximum Gasteiger partial charge on any atom is 0.258 e. The van der Waals surface area contributed by atoms with Crippen LogP contribution in [-0.4, -0.2) is 49.3 Å². The number of hydrogen-bond donors (Lipinski definition) is 2. The number of carbonyl (C=O) groups is 1. The number of hydrogen-bond acceptors (Lipinski definition) is 6. The Bertz CT molecular complexity index is 1080. The highest BCUT2D eigenvalue weighted by atomic mass is 32.2. The molecule has 4 rings (SSSR count). The number of fused-ring (bicyclic) bond motifs is 4. The van der Waals surface area contributed by atoms with Gasteiger partial charge in [0.2, 0.25) is 11.8 Å². The first-order valence-corrected chi connectivity index (χ1v) is 11.2. The van der Waals surface area contributed by atoms with E-state index in [-0.39, 0.29) is 57.1 Å². The SMILES string of the molecule is CC(C)Cc1c(O)nc(SCC(=O)N2C[C@@H]3C[C@H](C2)c2cccc(=O)n2C3)[nH]c1=O. The number of thioether (sulfide) groups is 1. The molecule has 160 valence electrons. The van der Waals surface area contributed by atoms with Crippen LogP contribution in [0.4, 0.5) is 0 Å². The molecular formula is C21H26N4O4S. The quantitative estimate of drug-likeness (QED) is 0.551. The fourth-order valence-corrected chi connectivity index (χ4v) is 5.21. The number of piperidine rings is 1. The van der Waals surface area contributed by atoms with Crippen molar-refractivity contribution >= 4 is 17.7 Å². The third-order valence-corrected chi connectivity index (χ3v) is 6.61. The van der Waals surface area contributed by atoms with Gasteiger partial charge in [-0.3, -0.25) is 14.4 Å². The van der Waals surface area contributed by atoms with Crippen molar-refractivity contribution in [2.24, 2.45) is 11.8 Å². The molecule has 30 heavy (non-hydrogen) atoms. The Hall–Kier alpha value is -2.55. The van der Waals surface area contributed by atoms with E-state index in [1.807, 2.05) is 29.4 Å². The molecule has 0 unspecified atom stereocenters. The largest absolute Gasteiger partial charge is 0.493 e. The molecule has 8 nitrogen and oxygen atoms in total. The molecule has 2 aliphatic heterocycles. The van der Waals surface area contributed by atoms with Crippen LogP contribution >= 0.6 is 11.8 Å². The molecule has 2 aromatic rings. The molecule has 0 aliphatic carbocycles. The number of aromatic amines is 1. The lowest BCUT2D eigenvalue weighted by Crippen LogP contribution is -2.49. The monoisotopic (exact) mass is 430 g/mol. The number of nitrogens with one attached hydrogen (secondary N) is 1. The first kappa shape index (κ1) is 20.7. The number of H-pyrrole nitrogens is 1. The van der Waals surface area contributed by atoms with E-state index < -0.39 is 0 Å². The molecular weight excluding hydrogens is 404 g/mol. The summed E-state index contributed by atoms with van der Waals surface area (Å²) >= 11 is 1.12. The van der Waals surface area contributed by atoms with Gasteiger partial charge < -0.3 is 19.6 Å². The Morgan fingerprint density at radius 3 is 2.83 bits per heavy atom. The third-order valence-electron chi connectivity index (χ3n) is 5.75. The van der Waals surface area contributed by atoms with Crippen LogP contribution in [0.3, 0.4) is 0 Å². The van der Waals surface area contributed by atoms with Crippen molar-refractivity contribution in [2.75, 3.05) is 18.8 Å². The second-order valence-electron chi connectivity index (χ2n) is 8.56. The normalized spacial score (nSPS) is 20.3. The van der Waals surface area contributed by atoms with Gasteiger partial charge in [0.15, 0.2) is 5.16 Å². The van der Waals surface area contributed by atoms with Crippen LogP contribution in [0, 0.1) is 11.8 Å². The van der Waals surface area contributed by atoms with Crippen molar-refractivity contribution in [2.45, 2.75) is 44.3 Å². The zero-order valence-corrected chi connectivity index (χ0v) is 17.9. The molecule has 0 radical (unpaired) electrons. The van der Waals surface area contributed by atoms with E-state index in [2.05, 4.69) is 9.97 Å². The van der Waals surface area contributed by atoms with Gasteiger partial charge in [0.05, 0.1) is 11.3 Å². The van der Waals surface area contributed by atoms with E-state index in [4.69, 9.17) is 0 Å². The van der Waals surface area contributed by atoms with Gasteiger partial charge in [0.25, 0.3) is 11.1 Å². The topological polar surface area (TPSA) is 108 Å². The Morgan fingerprint density at radius 2 is 2.10 bits per heavy atom. The molecule has 1 saturated heterocycles. The summed E-state index contributed by atoms with van der Waals surface area (Å²) in [6, 6.07) is 5.34. The zero-order valence-electron chi connectivity index (χ0n) is 17.1. The number of pyridine rings is 1. The molecule has 1 fully saturated rings. The van der Waals surface area contributed by atoms with Crippen molar-refractivity contribution in [1.29, 1.82) is 0 Å². The summed E-state index contributed by atoms with van der Waals surface area (Å²) in [6.45, 7) is 5.77. The summed E-state index contributed by atoms with van der Waals surface area (Å²) in [5, 5.41) is 10.3. The second-order valence-corrected chi connectivity index (χ2v) is 9.52. The number of amides is 1. The third kappa shape index (κ3) is 4.16.